The number of anilines is 1. The number of thiophene rings is 1. The number of para-hydroxylation sites is 1. The minimum absolute atomic E-state index is 0.322. The lowest BCUT2D eigenvalue weighted by Crippen LogP contribution is -2.23. The zero-order chi connectivity index (χ0) is 23.7. The van der Waals surface area contributed by atoms with Crippen molar-refractivity contribution < 1.29 is 0 Å². The molecule has 5 aromatic rings. The van der Waals surface area contributed by atoms with E-state index in [1.165, 1.54) is 5.56 Å². The maximum absolute atomic E-state index is 4.95. The van der Waals surface area contributed by atoms with Gasteiger partial charge in [0.25, 0.3) is 0 Å². The SMILES string of the molecule is C=C(/C=c1/c(-c2nc3c(-c4ccsc4)cccc3[nH]2)n[nH]/c1=C/C)c1cncc(NC(C)C)c1. The fourth-order valence-electron chi connectivity index (χ4n) is 3.99. The second kappa shape index (κ2) is 9.11. The zero-order valence-corrected chi connectivity index (χ0v) is 20.2. The first kappa shape index (κ1) is 21.9. The number of aromatic amines is 2. The van der Waals surface area contributed by atoms with Crippen LogP contribution in [0.15, 0.2) is 60.1 Å². The van der Waals surface area contributed by atoms with Gasteiger partial charge in [0.15, 0.2) is 5.82 Å². The van der Waals surface area contributed by atoms with Crippen molar-refractivity contribution >= 4 is 45.8 Å². The van der Waals surface area contributed by atoms with Crippen LogP contribution >= 0.6 is 11.3 Å². The fraction of sp³-hybridized carbons (Fsp3) is 0.148. The van der Waals surface area contributed by atoms with Crippen LogP contribution in [0.3, 0.4) is 0 Å². The quantitative estimate of drug-likeness (QED) is 0.322. The van der Waals surface area contributed by atoms with Crippen molar-refractivity contribution in [1.29, 1.82) is 0 Å². The van der Waals surface area contributed by atoms with E-state index < -0.39 is 0 Å². The lowest BCUT2D eigenvalue weighted by Gasteiger charge is -2.10. The summed E-state index contributed by atoms with van der Waals surface area (Å²) in [6, 6.07) is 10.7. The highest BCUT2D eigenvalue weighted by molar-refractivity contribution is 7.08. The van der Waals surface area contributed by atoms with E-state index in [1.807, 2.05) is 43.6 Å². The fourth-order valence-corrected chi connectivity index (χ4v) is 4.65. The zero-order valence-electron chi connectivity index (χ0n) is 19.4. The molecular formula is C27H26N6S. The summed E-state index contributed by atoms with van der Waals surface area (Å²) >= 11 is 1.68. The Bertz CT molecular complexity index is 1590. The van der Waals surface area contributed by atoms with Crippen LogP contribution < -0.4 is 15.9 Å². The number of H-pyrrole nitrogens is 2. The molecular weight excluding hydrogens is 440 g/mol. The van der Waals surface area contributed by atoms with Gasteiger partial charge >= 0.3 is 0 Å². The number of hydrogen-bond acceptors (Lipinski definition) is 5. The number of nitrogens with zero attached hydrogens (tertiary/aromatic N) is 3. The number of benzene rings is 1. The predicted molar refractivity (Wildman–Crippen MR) is 143 cm³/mol. The predicted octanol–water partition coefficient (Wildman–Crippen LogP) is 5.19. The molecule has 6 nitrogen and oxygen atoms in total. The molecule has 0 aliphatic rings. The first-order chi connectivity index (χ1) is 16.5. The summed E-state index contributed by atoms with van der Waals surface area (Å²) in [6.07, 6.45) is 7.69. The second-order valence-corrected chi connectivity index (χ2v) is 9.20. The summed E-state index contributed by atoms with van der Waals surface area (Å²) in [5, 5.41) is 17.2. The van der Waals surface area contributed by atoms with Crippen LogP contribution in [0.25, 0.3) is 51.4 Å². The topological polar surface area (TPSA) is 82.3 Å². The number of nitrogens with one attached hydrogen (secondary N) is 3. The van der Waals surface area contributed by atoms with E-state index in [2.05, 4.69) is 74.9 Å². The molecule has 0 atom stereocenters. The summed E-state index contributed by atoms with van der Waals surface area (Å²) < 4.78 is 0. The van der Waals surface area contributed by atoms with Gasteiger partial charge in [-0.2, -0.15) is 16.4 Å². The van der Waals surface area contributed by atoms with Crippen molar-refractivity contribution in [2.45, 2.75) is 26.8 Å². The molecule has 170 valence electrons. The first-order valence-corrected chi connectivity index (χ1v) is 12.1. The van der Waals surface area contributed by atoms with Gasteiger partial charge in [0.05, 0.1) is 22.1 Å². The van der Waals surface area contributed by atoms with Gasteiger partial charge in [-0.15, -0.1) is 0 Å². The van der Waals surface area contributed by atoms with Crippen molar-refractivity contribution in [3.05, 3.63) is 76.2 Å². The van der Waals surface area contributed by atoms with Crippen LogP contribution in [0.4, 0.5) is 5.69 Å². The molecule has 0 spiro atoms. The highest BCUT2D eigenvalue weighted by atomic mass is 32.1. The normalized spacial score (nSPS) is 12.7. The molecule has 3 N–H and O–H groups in total. The molecule has 4 heterocycles. The molecule has 0 radical (unpaired) electrons. The Morgan fingerprint density at radius 1 is 1.21 bits per heavy atom. The molecule has 0 unspecified atom stereocenters. The minimum Gasteiger partial charge on any atom is -0.382 e. The summed E-state index contributed by atoms with van der Waals surface area (Å²) in [4.78, 5) is 12.8. The van der Waals surface area contributed by atoms with E-state index in [-0.39, 0.29) is 0 Å². The van der Waals surface area contributed by atoms with E-state index in [9.17, 15) is 0 Å². The largest absolute Gasteiger partial charge is 0.382 e. The van der Waals surface area contributed by atoms with Gasteiger partial charge in [-0.05, 0) is 66.9 Å². The number of pyridine rings is 1. The number of fused-ring (bicyclic) bond motifs is 1. The molecule has 7 heteroatoms. The van der Waals surface area contributed by atoms with Gasteiger partial charge in [-0.25, -0.2) is 4.98 Å². The Morgan fingerprint density at radius 3 is 2.85 bits per heavy atom. The third kappa shape index (κ3) is 4.18. The molecule has 5 rings (SSSR count). The van der Waals surface area contributed by atoms with Crippen molar-refractivity contribution in [3.63, 3.8) is 0 Å². The Hall–Kier alpha value is -3.97. The number of imidazole rings is 1. The van der Waals surface area contributed by atoms with E-state index in [0.717, 1.165) is 55.5 Å². The number of rotatable bonds is 6. The number of hydrogen-bond donors (Lipinski definition) is 3. The standard InChI is InChI=1S/C27H26N6S/c1-5-23-22(11-17(4)19-12-20(14-28-13-19)29-16(2)3)26(33-32-23)27-30-24-8-6-7-21(25(24)31-27)18-9-10-34-15-18/h5-16,29,32H,4H2,1-3H3,(H,30,31)/b22-11+,23-5+. The van der Waals surface area contributed by atoms with Crippen LogP contribution in [-0.2, 0) is 0 Å². The van der Waals surface area contributed by atoms with Crippen molar-refractivity contribution in [1.82, 2.24) is 25.1 Å². The van der Waals surface area contributed by atoms with E-state index in [4.69, 9.17) is 4.98 Å². The molecule has 0 aliphatic heterocycles. The summed E-state index contributed by atoms with van der Waals surface area (Å²) in [6.45, 7) is 10.5. The maximum Gasteiger partial charge on any atom is 0.159 e. The molecule has 0 amide bonds. The average Bonchev–Trinajstić information content (AvgIpc) is 3.57. The minimum atomic E-state index is 0.322. The summed E-state index contributed by atoms with van der Waals surface area (Å²) in [5.74, 6) is 0.717. The lowest BCUT2D eigenvalue weighted by molar-refractivity contribution is 0.897. The third-order valence-corrected chi connectivity index (χ3v) is 6.26. The Balaban J connectivity index is 1.61. The van der Waals surface area contributed by atoms with Gasteiger partial charge in [-0.1, -0.05) is 24.8 Å². The molecule has 0 saturated carbocycles. The van der Waals surface area contributed by atoms with Crippen LogP contribution in [0.2, 0.25) is 0 Å². The molecule has 4 aromatic heterocycles. The Labute approximate surface area is 201 Å². The average molecular weight is 467 g/mol. The number of aromatic nitrogens is 5. The molecule has 0 fully saturated rings. The monoisotopic (exact) mass is 466 g/mol. The van der Waals surface area contributed by atoms with Crippen LogP contribution in [0.1, 0.15) is 26.3 Å². The second-order valence-electron chi connectivity index (χ2n) is 8.42. The highest BCUT2D eigenvalue weighted by Crippen LogP contribution is 2.30. The Morgan fingerprint density at radius 2 is 2.09 bits per heavy atom. The first-order valence-electron chi connectivity index (χ1n) is 11.2. The van der Waals surface area contributed by atoms with Crippen LogP contribution in [0, 0.1) is 0 Å². The van der Waals surface area contributed by atoms with Crippen molar-refractivity contribution in [3.8, 4) is 22.6 Å². The molecule has 0 aliphatic carbocycles. The van der Waals surface area contributed by atoms with E-state index in [0.29, 0.717) is 6.04 Å². The lowest BCUT2D eigenvalue weighted by atomic mass is 10.1. The highest BCUT2D eigenvalue weighted by Gasteiger charge is 2.14. The Kier molecular flexibility index (Phi) is 5.86. The van der Waals surface area contributed by atoms with Crippen molar-refractivity contribution in [2.24, 2.45) is 0 Å². The third-order valence-electron chi connectivity index (χ3n) is 5.57. The van der Waals surface area contributed by atoms with Gasteiger partial charge in [-0.3, -0.25) is 10.1 Å². The van der Waals surface area contributed by atoms with E-state index in [1.54, 1.807) is 11.3 Å². The van der Waals surface area contributed by atoms with E-state index >= 15 is 0 Å². The molecule has 34 heavy (non-hydrogen) atoms. The maximum atomic E-state index is 4.95. The van der Waals surface area contributed by atoms with Crippen molar-refractivity contribution in [2.75, 3.05) is 5.32 Å². The summed E-state index contributed by atoms with van der Waals surface area (Å²) in [5.41, 5.74) is 7.70. The molecule has 1 aromatic carbocycles. The van der Waals surface area contributed by atoms with Crippen LogP contribution in [-0.4, -0.2) is 31.2 Å². The summed E-state index contributed by atoms with van der Waals surface area (Å²) in [7, 11) is 0. The molecule has 0 bridgehead atoms. The van der Waals surface area contributed by atoms with Gasteiger partial charge in [0.2, 0.25) is 0 Å². The van der Waals surface area contributed by atoms with Gasteiger partial charge in [0, 0.05) is 34.8 Å². The molecule has 0 saturated heterocycles. The van der Waals surface area contributed by atoms with Crippen LogP contribution in [0.5, 0.6) is 0 Å². The number of allylic oxidation sites excluding steroid dienone is 1. The van der Waals surface area contributed by atoms with Gasteiger partial charge < -0.3 is 10.3 Å². The smallest absolute Gasteiger partial charge is 0.159 e. The van der Waals surface area contributed by atoms with Gasteiger partial charge in [0.1, 0.15) is 5.69 Å².